The number of rotatable bonds is 7. The van der Waals surface area contributed by atoms with E-state index in [1.165, 1.54) is 0 Å². The summed E-state index contributed by atoms with van der Waals surface area (Å²) in [6.45, 7) is 5.25. The van der Waals surface area contributed by atoms with Crippen LogP contribution in [0.3, 0.4) is 0 Å². The molecule has 1 aromatic heterocycles. The van der Waals surface area contributed by atoms with E-state index in [0.29, 0.717) is 13.1 Å². The van der Waals surface area contributed by atoms with Crippen molar-refractivity contribution < 1.29 is 9.53 Å². The Morgan fingerprint density at radius 1 is 1.19 bits per heavy atom. The Bertz CT molecular complexity index is 902. The summed E-state index contributed by atoms with van der Waals surface area (Å²) in [7, 11) is 1.64. The average Bonchev–Trinajstić information content (AvgIpc) is 3.01. The molecule has 0 aliphatic heterocycles. The van der Waals surface area contributed by atoms with Gasteiger partial charge >= 0.3 is 6.03 Å². The largest absolute Gasteiger partial charge is 0.497 e. The molecule has 0 fully saturated rings. The monoisotopic (exact) mass is 366 g/mol. The van der Waals surface area contributed by atoms with Crippen LogP contribution in [-0.4, -0.2) is 29.2 Å². The van der Waals surface area contributed by atoms with Crippen LogP contribution in [0.2, 0.25) is 0 Å². The summed E-state index contributed by atoms with van der Waals surface area (Å²) in [6, 6.07) is 15.6. The SMILES string of the molecule is CCC(NC(=O)NCCn1c(C)nc2ccccc21)c1ccc(OC)cc1. The number of para-hydroxylation sites is 2. The molecule has 2 N–H and O–H groups in total. The number of carbonyl (C=O) groups is 1. The third-order valence-electron chi connectivity index (χ3n) is 4.70. The Hall–Kier alpha value is -3.02. The number of methoxy groups -OCH3 is 1. The van der Waals surface area contributed by atoms with Crippen LogP contribution >= 0.6 is 0 Å². The van der Waals surface area contributed by atoms with Crippen LogP contribution in [0.4, 0.5) is 4.79 Å². The molecule has 3 aromatic rings. The van der Waals surface area contributed by atoms with Crippen molar-refractivity contribution >= 4 is 17.1 Å². The van der Waals surface area contributed by atoms with Gasteiger partial charge < -0.3 is 19.9 Å². The number of fused-ring (bicyclic) bond motifs is 1. The standard InChI is InChI=1S/C21H26N4O2/c1-4-18(16-9-11-17(27-3)12-10-16)24-21(26)22-13-14-25-15(2)23-19-7-5-6-8-20(19)25/h5-12,18H,4,13-14H2,1-3H3,(H2,22,24,26). The maximum absolute atomic E-state index is 12.3. The fraction of sp³-hybridized carbons (Fsp3) is 0.333. The van der Waals surface area contributed by atoms with E-state index in [2.05, 4.69) is 27.1 Å². The van der Waals surface area contributed by atoms with Crippen LogP contribution in [0.1, 0.15) is 30.8 Å². The number of imidazole rings is 1. The first kappa shape index (κ1) is 18.8. The van der Waals surface area contributed by atoms with Gasteiger partial charge in [0.15, 0.2) is 0 Å². The Morgan fingerprint density at radius 3 is 2.63 bits per heavy atom. The van der Waals surface area contributed by atoms with Crippen LogP contribution in [0, 0.1) is 6.92 Å². The van der Waals surface area contributed by atoms with Gasteiger partial charge in [-0.1, -0.05) is 31.2 Å². The van der Waals surface area contributed by atoms with Crippen molar-refractivity contribution in [2.45, 2.75) is 32.9 Å². The Kier molecular flexibility index (Phi) is 5.96. The second kappa shape index (κ2) is 8.58. The molecule has 6 heteroatoms. The van der Waals surface area contributed by atoms with Gasteiger partial charge in [-0.15, -0.1) is 0 Å². The van der Waals surface area contributed by atoms with Crippen molar-refractivity contribution in [1.29, 1.82) is 0 Å². The predicted octanol–water partition coefficient (Wildman–Crippen LogP) is 3.80. The molecule has 27 heavy (non-hydrogen) atoms. The zero-order valence-corrected chi connectivity index (χ0v) is 16.0. The average molecular weight is 366 g/mol. The lowest BCUT2D eigenvalue weighted by Crippen LogP contribution is -2.39. The highest BCUT2D eigenvalue weighted by Crippen LogP contribution is 2.20. The van der Waals surface area contributed by atoms with Crippen molar-refractivity contribution in [3.05, 3.63) is 59.9 Å². The Balaban J connectivity index is 1.56. The van der Waals surface area contributed by atoms with Gasteiger partial charge in [0.2, 0.25) is 0 Å². The lowest BCUT2D eigenvalue weighted by molar-refractivity contribution is 0.236. The number of benzene rings is 2. The molecule has 1 atom stereocenters. The number of aryl methyl sites for hydroxylation is 1. The van der Waals surface area contributed by atoms with Crippen molar-refractivity contribution in [2.75, 3.05) is 13.7 Å². The molecule has 0 aliphatic rings. The van der Waals surface area contributed by atoms with Crippen LogP contribution < -0.4 is 15.4 Å². The van der Waals surface area contributed by atoms with Gasteiger partial charge in [-0.25, -0.2) is 9.78 Å². The fourth-order valence-electron chi connectivity index (χ4n) is 3.23. The van der Waals surface area contributed by atoms with Crippen molar-refractivity contribution in [1.82, 2.24) is 20.2 Å². The summed E-state index contributed by atoms with van der Waals surface area (Å²) in [4.78, 5) is 16.9. The van der Waals surface area contributed by atoms with Gasteiger partial charge in [0.1, 0.15) is 11.6 Å². The van der Waals surface area contributed by atoms with Gasteiger partial charge in [-0.2, -0.15) is 0 Å². The van der Waals surface area contributed by atoms with Gasteiger partial charge in [-0.05, 0) is 43.2 Å². The molecule has 6 nitrogen and oxygen atoms in total. The Labute approximate surface area is 159 Å². The van der Waals surface area contributed by atoms with E-state index in [1.54, 1.807) is 7.11 Å². The molecule has 0 saturated carbocycles. The molecule has 0 bridgehead atoms. The highest BCUT2D eigenvalue weighted by Gasteiger charge is 2.13. The number of hydrogen-bond donors (Lipinski definition) is 2. The summed E-state index contributed by atoms with van der Waals surface area (Å²) >= 11 is 0. The second-order valence-electron chi connectivity index (χ2n) is 6.43. The molecule has 0 saturated heterocycles. The summed E-state index contributed by atoms with van der Waals surface area (Å²) in [5.74, 6) is 1.75. The third kappa shape index (κ3) is 4.39. The molecule has 142 valence electrons. The smallest absolute Gasteiger partial charge is 0.315 e. The molecular formula is C21H26N4O2. The summed E-state index contributed by atoms with van der Waals surface area (Å²) < 4.78 is 7.31. The van der Waals surface area contributed by atoms with Gasteiger partial charge in [-0.3, -0.25) is 0 Å². The summed E-state index contributed by atoms with van der Waals surface area (Å²) in [5.41, 5.74) is 3.12. The topological polar surface area (TPSA) is 68.2 Å². The number of ether oxygens (including phenoxy) is 1. The van der Waals surface area contributed by atoms with Crippen LogP contribution in [-0.2, 0) is 6.54 Å². The number of aromatic nitrogens is 2. The highest BCUT2D eigenvalue weighted by molar-refractivity contribution is 5.76. The zero-order valence-electron chi connectivity index (χ0n) is 16.0. The minimum absolute atomic E-state index is 0.0354. The van der Waals surface area contributed by atoms with Crippen molar-refractivity contribution in [2.24, 2.45) is 0 Å². The molecule has 0 radical (unpaired) electrons. The maximum Gasteiger partial charge on any atom is 0.315 e. The normalized spacial score (nSPS) is 12.0. The minimum Gasteiger partial charge on any atom is -0.497 e. The van der Waals surface area contributed by atoms with Gasteiger partial charge in [0.05, 0.1) is 24.2 Å². The molecule has 2 aromatic carbocycles. The van der Waals surface area contributed by atoms with Crippen LogP contribution in [0.25, 0.3) is 11.0 Å². The summed E-state index contributed by atoms with van der Waals surface area (Å²) in [6.07, 6.45) is 0.811. The van der Waals surface area contributed by atoms with Crippen LogP contribution in [0.5, 0.6) is 5.75 Å². The molecular weight excluding hydrogens is 340 g/mol. The lowest BCUT2D eigenvalue weighted by Gasteiger charge is -2.18. The number of nitrogens with zero attached hydrogens (tertiary/aromatic N) is 2. The summed E-state index contributed by atoms with van der Waals surface area (Å²) in [5, 5.41) is 5.98. The molecule has 2 amide bonds. The number of amides is 2. The van der Waals surface area contributed by atoms with Gasteiger partial charge in [0.25, 0.3) is 0 Å². The number of carbonyl (C=O) groups excluding carboxylic acids is 1. The second-order valence-corrected chi connectivity index (χ2v) is 6.43. The van der Waals surface area contributed by atoms with E-state index in [4.69, 9.17) is 4.74 Å². The number of urea groups is 1. The molecule has 1 heterocycles. The molecule has 1 unspecified atom stereocenters. The first-order chi connectivity index (χ1) is 13.1. The number of nitrogens with one attached hydrogen (secondary N) is 2. The Morgan fingerprint density at radius 2 is 1.93 bits per heavy atom. The van der Waals surface area contributed by atoms with E-state index in [0.717, 1.165) is 34.6 Å². The van der Waals surface area contributed by atoms with Crippen LogP contribution in [0.15, 0.2) is 48.5 Å². The first-order valence-corrected chi connectivity index (χ1v) is 9.22. The van der Waals surface area contributed by atoms with Gasteiger partial charge in [0, 0.05) is 13.1 Å². The molecule has 0 spiro atoms. The maximum atomic E-state index is 12.3. The lowest BCUT2D eigenvalue weighted by atomic mass is 10.0. The first-order valence-electron chi connectivity index (χ1n) is 9.22. The zero-order chi connectivity index (χ0) is 19.2. The van der Waals surface area contributed by atoms with E-state index >= 15 is 0 Å². The molecule has 0 aliphatic carbocycles. The molecule has 3 rings (SSSR count). The van der Waals surface area contributed by atoms with Crippen molar-refractivity contribution in [3.63, 3.8) is 0 Å². The number of hydrogen-bond acceptors (Lipinski definition) is 3. The van der Waals surface area contributed by atoms with E-state index in [-0.39, 0.29) is 12.1 Å². The fourth-order valence-corrected chi connectivity index (χ4v) is 3.23. The quantitative estimate of drug-likeness (QED) is 0.668. The third-order valence-corrected chi connectivity index (χ3v) is 4.70. The van der Waals surface area contributed by atoms with E-state index < -0.39 is 0 Å². The predicted molar refractivity (Wildman–Crippen MR) is 107 cm³/mol. The highest BCUT2D eigenvalue weighted by atomic mass is 16.5. The van der Waals surface area contributed by atoms with Crippen molar-refractivity contribution in [3.8, 4) is 5.75 Å². The van der Waals surface area contributed by atoms with E-state index in [9.17, 15) is 4.79 Å². The van der Waals surface area contributed by atoms with E-state index in [1.807, 2.05) is 55.5 Å². The minimum atomic E-state index is -0.167.